The van der Waals surface area contributed by atoms with E-state index in [-0.39, 0.29) is 5.41 Å². The minimum atomic E-state index is -0.116. The van der Waals surface area contributed by atoms with Crippen molar-refractivity contribution >= 4 is 0 Å². The summed E-state index contributed by atoms with van der Waals surface area (Å²) in [6.07, 6.45) is 1.46. The first kappa shape index (κ1) is 17.4. The van der Waals surface area contributed by atoms with E-state index in [1.807, 2.05) is 26.0 Å². The molecule has 2 nitrogen and oxygen atoms in total. The largest absolute Gasteiger partial charge is 0.507 e. The molecule has 2 N–H and O–H groups in total. The summed E-state index contributed by atoms with van der Waals surface area (Å²) in [5.41, 5.74) is 5.82. The molecule has 124 valence electrons. The molecule has 0 spiro atoms. The highest BCUT2D eigenvalue weighted by Crippen LogP contribution is 2.37. The first-order chi connectivity index (χ1) is 10.6. The van der Waals surface area contributed by atoms with Crippen molar-refractivity contribution in [1.29, 1.82) is 0 Å². The lowest BCUT2D eigenvalue weighted by atomic mass is 9.82. The second-order valence-electron chi connectivity index (χ2n) is 7.52. The Bertz CT molecular complexity index is 722. The zero-order valence-corrected chi connectivity index (χ0v) is 15.1. The van der Waals surface area contributed by atoms with Crippen LogP contribution in [0.1, 0.15) is 61.1 Å². The van der Waals surface area contributed by atoms with Gasteiger partial charge in [0.15, 0.2) is 0 Å². The van der Waals surface area contributed by atoms with Gasteiger partial charge in [-0.3, -0.25) is 0 Å². The van der Waals surface area contributed by atoms with E-state index < -0.39 is 0 Å². The fourth-order valence-electron chi connectivity index (χ4n) is 3.06. The fourth-order valence-corrected chi connectivity index (χ4v) is 3.06. The maximum Gasteiger partial charge on any atom is 0.122 e. The van der Waals surface area contributed by atoms with Gasteiger partial charge in [-0.2, -0.15) is 0 Å². The molecule has 0 atom stereocenters. The summed E-state index contributed by atoms with van der Waals surface area (Å²) in [5.74, 6) is 0.683. The predicted molar refractivity (Wildman–Crippen MR) is 96.6 cm³/mol. The van der Waals surface area contributed by atoms with Crippen LogP contribution < -0.4 is 0 Å². The predicted octanol–water partition coefficient (Wildman–Crippen LogP) is 5.17. The number of aryl methyl sites for hydroxylation is 3. The Morgan fingerprint density at radius 2 is 1.48 bits per heavy atom. The van der Waals surface area contributed by atoms with Crippen molar-refractivity contribution < 1.29 is 10.2 Å². The molecule has 2 heteroatoms. The summed E-state index contributed by atoms with van der Waals surface area (Å²) in [6, 6.07) is 8.13. The summed E-state index contributed by atoms with van der Waals surface area (Å²) in [4.78, 5) is 0. The average molecular weight is 312 g/mol. The van der Waals surface area contributed by atoms with Gasteiger partial charge in [0.2, 0.25) is 0 Å². The van der Waals surface area contributed by atoms with Gasteiger partial charge in [0.1, 0.15) is 11.5 Å². The normalized spacial score (nSPS) is 11.7. The maximum atomic E-state index is 10.8. The number of aromatic hydroxyl groups is 2. The van der Waals surface area contributed by atoms with Crippen LogP contribution in [0.5, 0.6) is 11.5 Å². The zero-order chi connectivity index (χ0) is 17.4. The molecule has 0 aromatic heterocycles. The van der Waals surface area contributed by atoms with Gasteiger partial charge in [-0.15, -0.1) is 0 Å². The monoisotopic (exact) mass is 312 g/mol. The Morgan fingerprint density at radius 3 is 2.04 bits per heavy atom. The number of hydrogen-bond acceptors (Lipinski definition) is 2. The molecule has 0 aliphatic rings. The molecule has 2 aromatic carbocycles. The van der Waals surface area contributed by atoms with Crippen molar-refractivity contribution in [3.05, 3.63) is 57.6 Å². The Hall–Kier alpha value is -1.96. The van der Waals surface area contributed by atoms with E-state index in [2.05, 4.69) is 39.8 Å². The van der Waals surface area contributed by atoms with Crippen LogP contribution in [-0.2, 0) is 18.3 Å². The summed E-state index contributed by atoms with van der Waals surface area (Å²) in [6.45, 7) is 12.4. The topological polar surface area (TPSA) is 40.5 Å². The van der Waals surface area contributed by atoms with Gasteiger partial charge in [-0.1, -0.05) is 57.5 Å². The number of phenols is 2. The number of phenolic OH excluding ortho intramolecular Hbond substituents is 2. The molecule has 0 heterocycles. The highest BCUT2D eigenvalue weighted by atomic mass is 16.3. The number of rotatable bonds is 3. The Kier molecular flexibility index (Phi) is 4.74. The molecule has 0 fully saturated rings. The fraction of sp³-hybridized carbons (Fsp3) is 0.429. The molecule has 23 heavy (non-hydrogen) atoms. The summed E-state index contributed by atoms with van der Waals surface area (Å²) in [7, 11) is 0. The van der Waals surface area contributed by atoms with E-state index >= 15 is 0 Å². The lowest BCUT2D eigenvalue weighted by Gasteiger charge is -2.23. The van der Waals surface area contributed by atoms with Gasteiger partial charge >= 0.3 is 0 Å². The van der Waals surface area contributed by atoms with Crippen LogP contribution in [0.3, 0.4) is 0 Å². The van der Waals surface area contributed by atoms with Crippen LogP contribution in [-0.4, -0.2) is 10.2 Å². The van der Waals surface area contributed by atoms with E-state index in [1.54, 1.807) is 0 Å². The highest BCUT2D eigenvalue weighted by Gasteiger charge is 2.21. The minimum absolute atomic E-state index is 0.116. The van der Waals surface area contributed by atoms with Crippen LogP contribution in [0.4, 0.5) is 0 Å². The van der Waals surface area contributed by atoms with Crippen molar-refractivity contribution in [2.24, 2.45) is 0 Å². The second kappa shape index (κ2) is 6.27. The standard InChI is InChI=1S/C21H28O2/c1-7-15-10-17(20(23)18(11-15)21(4,5)6)12-16-9-13(2)8-14(3)19(16)22/h8-11,22-23H,7,12H2,1-6H3. The van der Waals surface area contributed by atoms with Crippen molar-refractivity contribution in [3.8, 4) is 11.5 Å². The molecule has 2 aromatic rings. The van der Waals surface area contributed by atoms with E-state index in [0.29, 0.717) is 17.9 Å². The molecule has 0 aliphatic heterocycles. The molecule has 0 amide bonds. The molecular formula is C21H28O2. The smallest absolute Gasteiger partial charge is 0.122 e. The lowest BCUT2D eigenvalue weighted by molar-refractivity contribution is 0.439. The molecule has 0 saturated heterocycles. The Labute approximate surface area is 139 Å². The van der Waals surface area contributed by atoms with Crippen molar-refractivity contribution in [3.63, 3.8) is 0 Å². The van der Waals surface area contributed by atoms with Gasteiger partial charge in [0, 0.05) is 6.42 Å². The lowest BCUT2D eigenvalue weighted by Crippen LogP contribution is -2.13. The summed E-state index contributed by atoms with van der Waals surface area (Å²) < 4.78 is 0. The molecule has 2 rings (SSSR count). The quantitative estimate of drug-likeness (QED) is 0.821. The molecular weight excluding hydrogens is 284 g/mol. The first-order valence-corrected chi connectivity index (χ1v) is 8.27. The SMILES string of the molecule is CCc1cc(Cc2cc(C)cc(C)c2O)c(O)c(C(C)(C)C)c1. The summed E-state index contributed by atoms with van der Waals surface area (Å²) >= 11 is 0. The van der Waals surface area contributed by atoms with Crippen LogP contribution in [0, 0.1) is 13.8 Å². The van der Waals surface area contributed by atoms with Crippen LogP contribution in [0.2, 0.25) is 0 Å². The van der Waals surface area contributed by atoms with Gasteiger partial charge in [-0.25, -0.2) is 0 Å². The number of hydrogen-bond donors (Lipinski definition) is 2. The Morgan fingerprint density at radius 1 is 0.870 bits per heavy atom. The van der Waals surface area contributed by atoms with Crippen molar-refractivity contribution in [2.45, 2.75) is 59.8 Å². The molecule has 0 aliphatic carbocycles. The van der Waals surface area contributed by atoms with Crippen molar-refractivity contribution in [2.75, 3.05) is 0 Å². The van der Waals surface area contributed by atoms with Gasteiger partial charge in [-0.05, 0) is 53.5 Å². The van der Waals surface area contributed by atoms with Gasteiger partial charge in [0.05, 0.1) is 0 Å². The Balaban J connectivity index is 2.56. The average Bonchev–Trinajstić information content (AvgIpc) is 2.45. The molecule has 0 radical (unpaired) electrons. The third-order valence-electron chi connectivity index (χ3n) is 4.37. The number of benzene rings is 2. The highest BCUT2D eigenvalue weighted by molar-refractivity contribution is 5.52. The van der Waals surface area contributed by atoms with Crippen molar-refractivity contribution in [1.82, 2.24) is 0 Å². The van der Waals surface area contributed by atoms with Gasteiger partial charge in [0.25, 0.3) is 0 Å². The van der Waals surface area contributed by atoms with E-state index in [0.717, 1.165) is 34.2 Å². The van der Waals surface area contributed by atoms with Gasteiger partial charge < -0.3 is 10.2 Å². The second-order valence-corrected chi connectivity index (χ2v) is 7.52. The zero-order valence-electron chi connectivity index (χ0n) is 15.1. The first-order valence-electron chi connectivity index (χ1n) is 8.27. The maximum absolute atomic E-state index is 10.8. The molecule has 0 saturated carbocycles. The van der Waals surface area contributed by atoms with Crippen LogP contribution in [0.15, 0.2) is 24.3 Å². The molecule has 0 unspecified atom stereocenters. The van der Waals surface area contributed by atoms with E-state index in [4.69, 9.17) is 0 Å². The minimum Gasteiger partial charge on any atom is -0.507 e. The third kappa shape index (κ3) is 3.69. The third-order valence-corrected chi connectivity index (χ3v) is 4.37. The summed E-state index contributed by atoms with van der Waals surface area (Å²) in [5, 5.41) is 21.1. The van der Waals surface area contributed by atoms with Crippen LogP contribution >= 0.6 is 0 Å². The van der Waals surface area contributed by atoms with E-state index in [9.17, 15) is 10.2 Å². The van der Waals surface area contributed by atoms with Crippen LogP contribution in [0.25, 0.3) is 0 Å². The molecule has 0 bridgehead atoms. The van der Waals surface area contributed by atoms with E-state index in [1.165, 1.54) is 5.56 Å².